The van der Waals surface area contributed by atoms with Crippen molar-refractivity contribution in [3.05, 3.63) is 102 Å². The molecule has 193 valence electrons. The zero-order valence-corrected chi connectivity index (χ0v) is 19.9. The molecule has 0 unspecified atom stereocenters. The van der Waals surface area contributed by atoms with E-state index in [9.17, 15) is 17.6 Å². The molecule has 2 aromatic heterocycles. The van der Waals surface area contributed by atoms with Crippen molar-refractivity contribution in [2.45, 2.75) is 45.0 Å². The lowest BCUT2D eigenvalue weighted by molar-refractivity contribution is -0.137. The van der Waals surface area contributed by atoms with Gasteiger partial charge >= 0.3 is 6.18 Å². The number of nitrogens with zero attached hydrogens (tertiary/aromatic N) is 4. The molecule has 6 nitrogen and oxygen atoms in total. The minimum atomic E-state index is -4.60. The number of rotatable bonds is 11. The molecule has 37 heavy (non-hydrogen) atoms. The molecule has 0 aliphatic rings. The summed E-state index contributed by atoms with van der Waals surface area (Å²) >= 11 is 0. The molecule has 0 spiro atoms. The van der Waals surface area contributed by atoms with E-state index in [1.807, 2.05) is 35.1 Å². The van der Waals surface area contributed by atoms with E-state index in [0.29, 0.717) is 23.9 Å². The van der Waals surface area contributed by atoms with E-state index in [-0.39, 0.29) is 18.1 Å². The van der Waals surface area contributed by atoms with Gasteiger partial charge in [-0.3, -0.25) is 4.68 Å². The molecule has 0 bridgehead atoms. The van der Waals surface area contributed by atoms with Crippen molar-refractivity contribution in [3.63, 3.8) is 0 Å². The van der Waals surface area contributed by atoms with Gasteiger partial charge in [0, 0.05) is 24.4 Å². The van der Waals surface area contributed by atoms with E-state index < -0.39 is 17.6 Å². The Hall–Kier alpha value is -3.95. The van der Waals surface area contributed by atoms with E-state index in [4.69, 9.17) is 9.15 Å². The summed E-state index contributed by atoms with van der Waals surface area (Å²) in [5.41, 5.74) is 1.56. The Kier molecular flexibility index (Phi) is 8.37. The van der Waals surface area contributed by atoms with Crippen LogP contribution >= 0.6 is 0 Å². The number of ether oxygens (including phenoxy) is 1. The highest BCUT2D eigenvalue weighted by Crippen LogP contribution is 2.30. The minimum absolute atomic E-state index is 0.00864. The highest BCUT2D eigenvalue weighted by molar-refractivity contribution is 5.66. The average molecular weight is 514 g/mol. The maximum Gasteiger partial charge on any atom is 0.416 e. The normalized spacial score (nSPS) is 11.9. The van der Waals surface area contributed by atoms with Gasteiger partial charge in [0.25, 0.3) is 0 Å². The molecule has 4 aromatic rings. The molecule has 0 N–H and O–H groups in total. The summed E-state index contributed by atoms with van der Waals surface area (Å²) < 4.78 is 64.9. The van der Waals surface area contributed by atoms with E-state index in [0.717, 1.165) is 43.6 Å². The van der Waals surface area contributed by atoms with Crippen molar-refractivity contribution < 1.29 is 26.7 Å². The standard InChI is InChI=1S/C27H25F4N4O2/c1-2-22-16-35(34-33-22)14-4-3-5-19-6-11-24(12-7-19)36-17-23-18-37-26(32-23)13-9-20-8-10-21(15-25(20)28)27(29,30)31/h6-13,15-16,18H,1-5,14,17H2/b13-9+. The molecule has 0 aliphatic heterocycles. The molecule has 0 saturated carbocycles. The predicted octanol–water partition coefficient (Wildman–Crippen LogP) is 6.57. The number of halogens is 4. The first-order chi connectivity index (χ1) is 17.8. The largest absolute Gasteiger partial charge is 0.487 e. The topological polar surface area (TPSA) is 66.0 Å². The third-order valence-corrected chi connectivity index (χ3v) is 5.56. The van der Waals surface area contributed by atoms with Gasteiger partial charge in [-0.25, -0.2) is 9.37 Å². The molecule has 2 heterocycles. The summed E-state index contributed by atoms with van der Waals surface area (Å²) in [5, 5.41) is 8.11. The second kappa shape index (κ2) is 11.9. The van der Waals surface area contributed by atoms with Gasteiger partial charge in [0.05, 0.1) is 11.3 Å². The first kappa shape index (κ1) is 26.1. The summed E-state index contributed by atoms with van der Waals surface area (Å²) in [5.74, 6) is -0.121. The second-order valence-electron chi connectivity index (χ2n) is 8.36. The molecular formula is C27H25F4N4O2. The van der Waals surface area contributed by atoms with Crippen LogP contribution in [0.1, 0.15) is 46.8 Å². The van der Waals surface area contributed by atoms with E-state index >= 15 is 0 Å². The quantitative estimate of drug-likeness (QED) is 0.168. The van der Waals surface area contributed by atoms with Gasteiger partial charge in [0.15, 0.2) is 0 Å². The van der Waals surface area contributed by atoms with Gasteiger partial charge < -0.3 is 9.15 Å². The summed E-state index contributed by atoms with van der Waals surface area (Å²) in [4.78, 5) is 4.23. The van der Waals surface area contributed by atoms with Gasteiger partial charge in [-0.1, -0.05) is 23.4 Å². The Labute approximate surface area is 211 Å². The molecule has 2 aromatic carbocycles. The second-order valence-corrected chi connectivity index (χ2v) is 8.36. The van der Waals surface area contributed by atoms with E-state index in [1.54, 1.807) is 0 Å². The number of benzene rings is 2. The molecule has 0 saturated heterocycles. The van der Waals surface area contributed by atoms with Crippen molar-refractivity contribution in [1.29, 1.82) is 0 Å². The number of unbranched alkanes of at least 4 members (excludes halogenated alkanes) is 1. The molecule has 4 rings (SSSR count). The van der Waals surface area contributed by atoms with Crippen LogP contribution in [0, 0.1) is 12.7 Å². The summed E-state index contributed by atoms with van der Waals surface area (Å²) in [7, 11) is 0. The maximum atomic E-state index is 14.0. The fraction of sp³-hybridized carbons (Fsp3) is 0.259. The molecule has 0 atom stereocenters. The highest BCUT2D eigenvalue weighted by Gasteiger charge is 2.30. The number of aryl methyl sites for hydroxylation is 2. The van der Waals surface area contributed by atoms with Crippen LogP contribution in [0.15, 0.2) is 59.3 Å². The molecular weight excluding hydrogens is 488 g/mol. The highest BCUT2D eigenvalue weighted by atomic mass is 19.4. The number of hydrogen-bond acceptors (Lipinski definition) is 5. The fourth-order valence-corrected chi connectivity index (χ4v) is 3.54. The van der Waals surface area contributed by atoms with Crippen molar-refractivity contribution in [2.75, 3.05) is 0 Å². The van der Waals surface area contributed by atoms with Gasteiger partial charge in [0.1, 0.15) is 30.1 Å². The number of aromatic nitrogens is 4. The lowest BCUT2D eigenvalue weighted by atomic mass is 10.1. The Morgan fingerprint density at radius 1 is 1.03 bits per heavy atom. The molecule has 0 aliphatic carbocycles. The maximum absolute atomic E-state index is 14.0. The van der Waals surface area contributed by atoms with Gasteiger partial charge in [0.2, 0.25) is 5.89 Å². The zero-order chi connectivity index (χ0) is 26.3. The Balaban J connectivity index is 1.22. The monoisotopic (exact) mass is 513 g/mol. The average Bonchev–Trinajstić information content (AvgIpc) is 3.54. The van der Waals surface area contributed by atoms with Crippen LogP contribution in [-0.2, 0) is 32.2 Å². The van der Waals surface area contributed by atoms with Crippen molar-refractivity contribution in [2.24, 2.45) is 0 Å². The predicted molar refractivity (Wildman–Crippen MR) is 130 cm³/mol. The SMILES string of the molecule is [CH2]Cc1cn(CCCCc2ccc(OCc3coc(/C=C/c4ccc(C(F)(F)F)cc4F)n3)cc2)nn1. The molecule has 10 heteroatoms. The smallest absolute Gasteiger partial charge is 0.416 e. The third-order valence-electron chi connectivity index (χ3n) is 5.56. The number of oxazole rings is 1. The van der Waals surface area contributed by atoms with Gasteiger partial charge in [-0.05, 0) is 68.5 Å². The molecule has 1 radical (unpaired) electrons. The van der Waals surface area contributed by atoms with Crippen molar-refractivity contribution in [1.82, 2.24) is 20.0 Å². The van der Waals surface area contributed by atoms with Crippen LogP contribution in [0.5, 0.6) is 5.75 Å². The zero-order valence-electron chi connectivity index (χ0n) is 19.9. The number of alkyl halides is 3. The van der Waals surface area contributed by atoms with Crippen molar-refractivity contribution in [3.8, 4) is 5.75 Å². The fourth-order valence-electron chi connectivity index (χ4n) is 3.54. The Bertz CT molecular complexity index is 1330. The lowest BCUT2D eigenvalue weighted by Gasteiger charge is -2.07. The first-order valence-electron chi connectivity index (χ1n) is 11.7. The van der Waals surface area contributed by atoms with Crippen LogP contribution in [0.4, 0.5) is 17.6 Å². The molecule has 0 fully saturated rings. The Morgan fingerprint density at radius 2 is 1.84 bits per heavy atom. The van der Waals surface area contributed by atoms with Crippen LogP contribution < -0.4 is 4.74 Å². The lowest BCUT2D eigenvalue weighted by Crippen LogP contribution is -2.05. The summed E-state index contributed by atoms with van der Waals surface area (Å²) in [6.45, 7) is 4.78. The van der Waals surface area contributed by atoms with Crippen molar-refractivity contribution >= 4 is 12.2 Å². The van der Waals surface area contributed by atoms with E-state index in [1.165, 1.54) is 24.0 Å². The first-order valence-corrected chi connectivity index (χ1v) is 11.7. The van der Waals surface area contributed by atoms with E-state index in [2.05, 4.69) is 22.2 Å². The molecule has 0 amide bonds. The summed E-state index contributed by atoms with van der Waals surface area (Å²) in [6.07, 6.45) is 5.00. The Morgan fingerprint density at radius 3 is 2.54 bits per heavy atom. The minimum Gasteiger partial charge on any atom is -0.487 e. The van der Waals surface area contributed by atoms with Gasteiger partial charge in [-0.2, -0.15) is 13.2 Å². The third kappa shape index (κ3) is 7.52. The summed E-state index contributed by atoms with van der Waals surface area (Å²) in [6, 6.07) is 10.1. The number of hydrogen-bond donors (Lipinski definition) is 0. The van der Waals surface area contributed by atoms with Crippen LogP contribution in [0.2, 0.25) is 0 Å². The van der Waals surface area contributed by atoms with Crippen LogP contribution in [0.25, 0.3) is 12.2 Å². The van der Waals surface area contributed by atoms with Crippen LogP contribution in [0.3, 0.4) is 0 Å². The van der Waals surface area contributed by atoms with Crippen LogP contribution in [-0.4, -0.2) is 20.0 Å². The van der Waals surface area contributed by atoms with Gasteiger partial charge in [-0.15, -0.1) is 5.10 Å².